The highest BCUT2D eigenvalue weighted by Crippen LogP contribution is 2.25. The van der Waals surface area contributed by atoms with Crippen LogP contribution in [0.15, 0.2) is 48.5 Å². The topological polar surface area (TPSA) is 46.2 Å². The van der Waals surface area contributed by atoms with Gasteiger partial charge in [-0.15, -0.1) is 5.10 Å². The van der Waals surface area contributed by atoms with E-state index in [1.54, 1.807) is 0 Å². The van der Waals surface area contributed by atoms with Gasteiger partial charge in [-0.3, -0.25) is 9.47 Å². The summed E-state index contributed by atoms with van der Waals surface area (Å²) >= 11 is 11.9. The quantitative estimate of drug-likeness (QED) is 0.641. The normalized spacial score (nSPS) is 17.8. The Morgan fingerprint density at radius 3 is 2.71 bits per heavy atom. The molecule has 1 atom stereocenters. The molecule has 0 amide bonds. The number of nitrogens with zero attached hydrogens (tertiary/aromatic N) is 4. The SMILES string of the molecule is Cc1cccc(-n2c(-c3ccc(Cl)cc3)nn(CN3CCC[C@@H](O)C3)c2=S)c1. The van der Waals surface area contributed by atoms with Gasteiger partial charge >= 0.3 is 0 Å². The summed E-state index contributed by atoms with van der Waals surface area (Å²) in [7, 11) is 0. The number of halogens is 1. The molecule has 0 radical (unpaired) electrons. The number of likely N-dealkylation sites (tertiary alicyclic amines) is 1. The highest BCUT2D eigenvalue weighted by Gasteiger charge is 2.20. The van der Waals surface area contributed by atoms with Crippen LogP contribution in [0.25, 0.3) is 17.1 Å². The number of benzene rings is 2. The zero-order valence-corrected chi connectivity index (χ0v) is 17.3. The lowest BCUT2D eigenvalue weighted by Gasteiger charge is -2.29. The fraction of sp³-hybridized carbons (Fsp3) is 0.333. The number of aliphatic hydroxyl groups excluding tert-OH is 1. The fourth-order valence-corrected chi connectivity index (χ4v) is 4.05. The third kappa shape index (κ3) is 4.05. The minimum Gasteiger partial charge on any atom is -0.392 e. The molecule has 1 aliphatic heterocycles. The number of β-amino-alcohol motifs (C(OH)–C–C–N with tert-alkyl or cyclic N) is 1. The van der Waals surface area contributed by atoms with E-state index < -0.39 is 0 Å². The highest BCUT2D eigenvalue weighted by molar-refractivity contribution is 7.71. The second-order valence-corrected chi connectivity index (χ2v) is 8.10. The molecule has 1 aromatic heterocycles. The van der Waals surface area contributed by atoms with Crippen LogP contribution < -0.4 is 0 Å². The Bertz CT molecular complexity index is 1030. The molecule has 1 aliphatic rings. The van der Waals surface area contributed by atoms with E-state index in [0.717, 1.165) is 42.0 Å². The lowest BCUT2D eigenvalue weighted by Crippen LogP contribution is -2.39. The summed E-state index contributed by atoms with van der Waals surface area (Å²) in [5.41, 5.74) is 3.10. The lowest BCUT2D eigenvalue weighted by molar-refractivity contribution is 0.0513. The predicted octanol–water partition coefficient (Wildman–Crippen LogP) is 4.45. The van der Waals surface area contributed by atoms with E-state index in [2.05, 4.69) is 24.0 Å². The summed E-state index contributed by atoms with van der Waals surface area (Å²) in [6, 6.07) is 15.9. The van der Waals surface area contributed by atoms with Gasteiger partial charge in [0.05, 0.1) is 18.5 Å². The Balaban J connectivity index is 1.79. The zero-order valence-electron chi connectivity index (χ0n) is 15.8. The maximum absolute atomic E-state index is 9.98. The number of hydrogen-bond acceptors (Lipinski definition) is 4. The number of piperidine rings is 1. The summed E-state index contributed by atoms with van der Waals surface area (Å²) < 4.78 is 4.49. The monoisotopic (exact) mass is 414 g/mol. The van der Waals surface area contributed by atoms with Crippen LogP contribution in [0.4, 0.5) is 0 Å². The molecule has 0 aliphatic carbocycles. The van der Waals surface area contributed by atoms with Gasteiger partial charge in [0.15, 0.2) is 5.82 Å². The number of aromatic nitrogens is 3. The first-order valence-corrected chi connectivity index (χ1v) is 10.2. The molecule has 4 rings (SSSR count). The van der Waals surface area contributed by atoms with Crippen LogP contribution in [0.5, 0.6) is 0 Å². The third-order valence-corrected chi connectivity index (χ3v) is 5.66. The molecule has 1 N–H and O–H groups in total. The predicted molar refractivity (Wildman–Crippen MR) is 114 cm³/mol. The summed E-state index contributed by atoms with van der Waals surface area (Å²) in [5, 5.41) is 15.5. The van der Waals surface area contributed by atoms with Gasteiger partial charge in [0, 0.05) is 23.7 Å². The smallest absolute Gasteiger partial charge is 0.204 e. The largest absolute Gasteiger partial charge is 0.392 e. The first-order chi connectivity index (χ1) is 13.5. The molecule has 28 heavy (non-hydrogen) atoms. The van der Waals surface area contributed by atoms with Crippen molar-refractivity contribution in [2.75, 3.05) is 13.1 Å². The minimum absolute atomic E-state index is 0.280. The van der Waals surface area contributed by atoms with Crippen LogP contribution in [0, 0.1) is 11.7 Å². The van der Waals surface area contributed by atoms with E-state index in [1.165, 1.54) is 0 Å². The second-order valence-electron chi connectivity index (χ2n) is 7.30. The first kappa shape index (κ1) is 19.3. The van der Waals surface area contributed by atoms with E-state index in [4.69, 9.17) is 28.9 Å². The number of aryl methyl sites for hydroxylation is 1. The standard InChI is InChI=1S/C21H23ClN4OS/c1-15-4-2-5-18(12-15)26-20(16-7-9-17(22)10-8-16)23-25(21(26)28)14-24-11-3-6-19(27)13-24/h2,4-5,7-10,12,19,27H,3,6,11,13-14H2,1H3/t19-/m1/s1. The maximum Gasteiger partial charge on any atom is 0.204 e. The molecule has 2 heterocycles. The third-order valence-electron chi connectivity index (χ3n) is 5.02. The Kier molecular flexibility index (Phi) is 5.64. The van der Waals surface area contributed by atoms with Crippen molar-refractivity contribution in [1.82, 2.24) is 19.2 Å². The molecule has 1 saturated heterocycles. The molecule has 7 heteroatoms. The maximum atomic E-state index is 9.98. The van der Waals surface area contributed by atoms with Crippen LogP contribution in [-0.4, -0.2) is 43.5 Å². The minimum atomic E-state index is -0.280. The molecule has 0 bridgehead atoms. The fourth-order valence-electron chi connectivity index (χ4n) is 3.63. The Hall–Kier alpha value is -1.99. The van der Waals surface area contributed by atoms with Crippen LogP contribution in [0.1, 0.15) is 18.4 Å². The summed E-state index contributed by atoms with van der Waals surface area (Å²) in [6.07, 6.45) is 1.56. The van der Waals surface area contributed by atoms with Crippen molar-refractivity contribution in [1.29, 1.82) is 0 Å². The van der Waals surface area contributed by atoms with Crippen molar-refractivity contribution in [3.8, 4) is 17.1 Å². The van der Waals surface area contributed by atoms with Crippen molar-refractivity contribution in [3.05, 3.63) is 63.9 Å². The van der Waals surface area contributed by atoms with Gasteiger partial charge in [-0.1, -0.05) is 23.7 Å². The Morgan fingerprint density at radius 2 is 2.00 bits per heavy atom. The molecule has 146 valence electrons. The molecule has 2 aromatic carbocycles. The molecular weight excluding hydrogens is 392 g/mol. The molecule has 0 unspecified atom stereocenters. The second kappa shape index (κ2) is 8.17. The van der Waals surface area contributed by atoms with Crippen LogP contribution in [-0.2, 0) is 6.67 Å². The van der Waals surface area contributed by atoms with Crippen molar-refractivity contribution in [2.45, 2.75) is 32.5 Å². The van der Waals surface area contributed by atoms with Crippen molar-refractivity contribution in [2.24, 2.45) is 0 Å². The lowest BCUT2D eigenvalue weighted by atomic mass is 10.1. The average molecular weight is 415 g/mol. The molecule has 0 spiro atoms. The molecular formula is C21H23ClN4OS. The molecule has 1 fully saturated rings. The van der Waals surface area contributed by atoms with Gasteiger partial charge in [0.1, 0.15) is 0 Å². The van der Waals surface area contributed by atoms with Gasteiger partial charge in [0.2, 0.25) is 4.77 Å². The van der Waals surface area contributed by atoms with Gasteiger partial charge in [-0.05, 0) is 73.9 Å². The average Bonchev–Trinajstić information content (AvgIpc) is 2.99. The summed E-state index contributed by atoms with van der Waals surface area (Å²) in [5.74, 6) is 0.782. The van der Waals surface area contributed by atoms with E-state index in [1.807, 2.05) is 45.6 Å². The number of rotatable bonds is 4. The van der Waals surface area contributed by atoms with E-state index in [0.29, 0.717) is 23.0 Å². The van der Waals surface area contributed by atoms with Crippen molar-refractivity contribution < 1.29 is 5.11 Å². The molecule has 5 nitrogen and oxygen atoms in total. The van der Waals surface area contributed by atoms with Crippen molar-refractivity contribution in [3.63, 3.8) is 0 Å². The summed E-state index contributed by atoms with van der Waals surface area (Å²) in [6.45, 7) is 4.21. The highest BCUT2D eigenvalue weighted by atomic mass is 35.5. The first-order valence-electron chi connectivity index (χ1n) is 9.44. The van der Waals surface area contributed by atoms with Gasteiger partial charge in [-0.25, -0.2) is 4.68 Å². The van der Waals surface area contributed by atoms with Crippen LogP contribution >= 0.6 is 23.8 Å². The van der Waals surface area contributed by atoms with E-state index in [-0.39, 0.29) is 6.10 Å². The Labute approximate surface area is 174 Å². The van der Waals surface area contributed by atoms with Crippen molar-refractivity contribution >= 4 is 23.8 Å². The zero-order chi connectivity index (χ0) is 19.7. The van der Waals surface area contributed by atoms with E-state index in [9.17, 15) is 5.11 Å². The van der Waals surface area contributed by atoms with Crippen LogP contribution in [0.3, 0.4) is 0 Å². The van der Waals surface area contributed by atoms with Crippen LogP contribution in [0.2, 0.25) is 5.02 Å². The Morgan fingerprint density at radius 1 is 1.21 bits per heavy atom. The molecule has 3 aromatic rings. The van der Waals surface area contributed by atoms with Gasteiger partial charge in [-0.2, -0.15) is 0 Å². The number of aliphatic hydroxyl groups is 1. The van der Waals surface area contributed by atoms with Gasteiger partial charge in [0.25, 0.3) is 0 Å². The molecule has 0 saturated carbocycles. The van der Waals surface area contributed by atoms with E-state index >= 15 is 0 Å². The number of hydrogen-bond donors (Lipinski definition) is 1. The summed E-state index contributed by atoms with van der Waals surface area (Å²) in [4.78, 5) is 2.20. The van der Waals surface area contributed by atoms with Gasteiger partial charge < -0.3 is 5.11 Å².